The van der Waals surface area contributed by atoms with E-state index in [4.69, 9.17) is 26.9 Å². The van der Waals surface area contributed by atoms with Crippen molar-refractivity contribution in [1.29, 1.82) is 0 Å². The molecule has 0 atom stereocenters. The van der Waals surface area contributed by atoms with Crippen molar-refractivity contribution >= 4 is 0 Å². The van der Waals surface area contributed by atoms with Gasteiger partial charge in [0.1, 0.15) is 12.3 Å². The Bertz CT molecular complexity index is 342. The summed E-state index contributed by atoms with van der Waals surface area (Å²) < 4.78 is 4.91. The zero-order valence-electron chi connectivity index (χ0n) is 8.34. The number of azide groups is 2. The molecule has 0 aliphatic carbocycles. The summed E-state index contributed by atoms with van der Waals surface area (Å²) in [6, 6.07) is 0. The van der Waals surface area contributed by atoms with E-state index < -0.39 is 12.3 Å². The van der Waals surface area contributed by atoms with E-state index in [1.165, 1.54) is 0 Å². The molecule has 0 aliphatic heterocycles. The minimum Gasteiger partial charge on any atom is -0.380 e. The Labute approximate surface area is 93.5 Å². The lowest BCUT2D eigenvalue weighted by molar-refractivity contribution is 0.111. The van der Waals surface area contributed by atoms with Crippen LogP contribution in [-0.2, 0) is 4.74 Å². The third-order valence-corrected chi connectivity index (χ3v) is 1.27. The third kappa shape index (κ3) is 7.17. The predicted octanol–water partition coefficient (Wildman–Crippen LogP) is 2.90. The van der Waals surface area contributed by atoms with Crippen molar-refractivity contribution in [2.45, 2.75) is 12.3 Å². The molecule has 0 amide bonds. The Balaban J connectivity index is 4.25. The van der Waals surface area contributed by atoms with Gasteiger partial charge in [-0.2, -0.15) is 0 Å². The van der Waals surface area contributed by atoms with Crippen molar-refractivity contribution in [2.24, 2.45) is 20.5 Å². The van der Waals surface area contributed by atoms with Gasteiger partial charge in [0.05, 0.1) is 13.2 Å². The number of ether oxygens (including phenoxy) is 1. The molecule has 0 aromatic rings. The van der Waals surface area contributed by atoms with Crippen molar-refractivity contribution in [1.82, 2.24) is 0 Å². The topological polar surface area (TPSA) is 204 Å². The molecule has 0 radical (unpaired) electrons. The minimum absolute atomic E-state index is 0.216. The van der Waals surface area contributed by atoms with E-state index in [1.807, 2.05) is 0 Å². The van der Waals surface area contributed by atoms with Gasteiger partial charge in [-0.25, -0.2) is 0 Å². The lowest BCUT2D eigenvalue weighted by atomic mass is 10.5. The maximum atomic E-state index is 8.13. The van der Waals surface area contributed by atoms with E-state index in [0.717, 1.165) is 0 Å². The summed E-state index contributed by atoms with van der Waals surface area (Å²) >= 11 is 0. The summed E-state index contributed by atoms with van der Waals surface area (Å²) in [7, 11) is 0. The smallest absolute Gasteiger partial charge is 0.139 e. The zero-order valence-corrected chi connectivity index (χ0v) is 8.34. The Morgan fingerprint density at radius 3 is 1.24 bits per heavy atom. The van der Waals surface area contributed by atoms with Crippen LogP contribution in [0.4, 0.5) is 0 Å². The van der Waals surface area contributed by atoms with Crippen molar-refractivity contribution in [3.05, 3.63) is 41.8 Å². The van der Waals surface area contributed by atoms with Crippen molar-refractivity contribution in [2.75, 3.05) is 13.2 Å². The van der Waals surface area contributed by atoms with Gasteiger partial charge in [0, 0.05) is 19.6 Å². The van der Waals surface area contributed by atoms with Gasteiger partial charge >= 0.3 is 0 Å². The maximum absolute atomic E-state index is 8.13. The molecular weight excluding hydrogens is 232 g/mol. The van der Waals surface area contributed by atoms with Crippen molar-refractivity contribution in [3.8, 4) is 0 Å². The van der Waals surface area contributed by atoms with E-state index in [9.17, 15) is 0 Å². The number of rotatable bonds is 8. The van der Waals surface area contributed by atoms with Crippen LogP contribution >= 0.6 is 0 Å². The van der Waals surface area contributed by atoms with Gasteiger partial charge in [-0.1, -0.05) is 20.5 Å². The van der Waals surface area contributed by atoms with Crippen molar-refractivity contribution in [3.63, 3.8) is 0 Å². The molecule has 0 aromatic carbocycles. The first kappa shape index (κ1) is 14.2. The van der Waals surface area contributed by atoms with Gasteiger partial charge in [-0.05, 0) is 22.1 Å². The summed E-state index contributed by atoms with van der Waals surface area (Å²) in [6.07, 6.45) is -2.11. The molecule has 0 bridgehead atoms. The van der Waals surface area contributed by atoms with Gasteiger partial charge in [0.25, 0.3) is 0 Å². The molecule has 0 aromatic heterocycles. The highest BCUT2D eigenvalue weighted by Gasteiger charge is 2.07. The summed E-state index contributed by atoms with van der Waals surface area (Å²) in [5.41, 5.74) is 32.5. The quantitative estimate of drug-likeness (QED) is 0.348. The maximum Gasteiger partial charge on any atom is 0.139 e. The second-order valence-corrected chi connectivity index (χ2v) is 2.32. The van der Waals surface area contributed by atoms with Crippen LogP contribution in [0, 0.1) is 0 Å². The van der Waals surface area contributed by atoms with Crippen LogP contribution in [0.25, 0.3) is 41.8 Å². The van der Waals surface area contributed by atoms with Gasteiger partial charge in [-0.3, -0.25) is 0 Å². The number of hydrogen-bond donors (Lipinski definition) is 0. The second-order valence-electron chi connectivity index (χ2n) is 2.32. The first-order chi connectivity index (χ1) is 8.28. The van der Waals surface area contributed by atoms with E-state index in [2.05, 4.69) is 40.1 Å². The molecular formula is C4H6N12O. The first-order valence-electron chi connectivity index (χ1n) is 4.03. The van der Waals surface area contributed by atoms with Crippen LogP contribution in [-0.4, -0.2) is 25.5 Å². The minimum atomic E-state index is -1.05. The highest BCUT2D eigenvalue weighted by atomic mass is 16.5. The second kappa shape index (κ2) is 9.74. The lowest BCUT2D eigenvalue weighted by Crippen LogP contribution is -2.15. The van der Waals surface area contributed by atoms with Crippen molar-refractivity contribution < 1.29 is 4.74 Å². The molecule has 17 heavy (non-hydrogen) atoms. The van der Waals surface area contributed by atoms with E-state index in [0.29, 0.717) is 0 Å². The highest BCUT2D eigenvalue weighted by Crippen LogP contribution is 2.00. The Morgan fingerprint density at radius 2 is 1.00 bits per heavy atom. The van der Waals surface area contributed by atoms with Crippen LogP contribution in [0.1, 0.15) is 0 Å². The Kier molecular flexibility index (Phi) is 8.14. The van der Waals surface area contributed by atoms with Gasteiger partial charge in [0.15, 0.2) is 0 Å². The summed E-state index contributed by atoms with van der Waals surface area (Å²) in [4.78, 5) is 9.77. The predicted molar refractivity (Wildman–Crippen MR) is 55.0 cm³/mol. The molecule has 0 heterocycles. The summed E-state index contributed by atoms with van der Waals surface area (Å²) in [5, 5.41) is 12.5. The first-order valence-corrected chi connectivity index (χ1v) is 4.03. The number of nitrogens with zero attached hydrogens (tertiary/aromatic N) is 12. The third-order valence-electron chi connectivity index (χ3n) is 1.27. The average Bonchev–Trinajstić information content (AvgIpc) is 2.30. The van der Waals surface area contributed by atoms with Crippen LogP contribution in [0.3, 0.4) is 0 Å². The van der Waals surface area contributed by atoms with Crippen LogP contribution in [0.2, 0.25) is 0 Å². The normalized spacial score (nSPS) is 11.8. The number of hydrogen-bond acceptors (Lipinski definition) is 5. The fraction of sp³-hybridized carbons (Fsp3) is 1.00. The summed E-state index contributed by atoms with van der Waals surface area (Å²) in [6.45, 7) is -0.432. The van der Waals surface area contributed by atoms with Crippen LogP contribution in [0.15, 0.2) is 20.5 Å². The lowest BCUT2D eigenvalue weighted by Gasteiger charge is -2.07. The molecule has 13 nitrogen and oxygen atoms in total. The Hall–Kier alpha value is -2.80. The van der Waals surface area contributed by atoms with E-state index in [-0.39, 0.29) is 13.2 Å². The molecule has 0 saturated heterocycles. The summed E-state index contributed by atoms with van der Waals surface area (Å²) in [5.74, 6) is 0. The van der Waals surface area contributed by atoms with E-state index >= 15 is 0 Å². The van der Waals surface area contributed by atoms with Gasteiger partial charge in [0.2, 0.25) is 0 Å². The molecule has 0 N–H and O–H groups in total. The van der Waals surface area contributed by atoms with E-state index in [1.54, 1.807) is 0 Å². The van der Waals surface area contributed by atoms with Crippen LogP contribution < -0.4 is 0 Å². The van der Waals surface area contributed by atoms with Crippen LogP contribution in [0.5, 0.6) is 0 Å². The molecule has 13 heteroatoms. The largest absolute Gasteiger partial charge is 0.380 e. The fourth-order valence-corrected chi connectivity index (χ4v) is 0.697. The molecule has 0 fully saturated rings. The standard InChI is InChI=1S/C4H6N12O/c5-13-9-3(10-14-6)1-17-2-4(11-15-7)12-16-8/h3-4H,1-2H2. The molecule has 88 valence electrons. The molecule has 0 aliphatic rings. The van der Waals surface area contributed by atoms with Gasteiger partial charge in [-0.15, -0.1) is 0 Å². The molecule has 0 saturated carbocycles. The zero-order chi connectivity index (χ0) is 12.9. The SMILES string of the molecule is [N-]=[N+]=NC(COCC(N=[N+]=[N-])N=[N+]=[N-])N=[N+]=[N-]. The Morgan fingerprint density at radius 1 is 0.706 bits per heavy atom. The molecule has 0 rings (SSSR count). The monoisotopic (exact) mass is 238 g/mol. The van der Waals surface area contributed by atoms with Gasteiger partial charge < -0.3 is 4.74 Å². The molecule has 0 unspecified atom stereocenters. The highest BCUT2D eigenvalue weighted by molar-refractivity contribution is 4.67. The average molecular weight is 238 g/mol. The fourth-order valence-electron chi connectivity index (χ4n) is 0.697. The molecule has 0 spiro atoms.